The lowest BCUT2D eigenvalue weighted by Crippen LogP contribution is -2.57. The summed E-state index contributed by atoms with van der Waals surface area (Å²) in [6, 6.07) is 12.0. The molecule has 3 heterocycles. The van der Waals surface area contributed by atoms with Crippen molar-refractivity contribution in [3.05, 3.63) is 66.2 Å². The molecule has 2 aliphatic rings. The summed E-state index contributed by atoms with van der Waals surface area (Å²) in [6.45, 7) is 2.56. The van der Waals surface area contributed by atoms with Gasteiger partial charge in [-0.15, -0.1) is 0 Å². The maximum atomic E-state index is 11.7. The number of aromatic nitrogens is 3. The molecule has 1 aromatic carbocycles. The Morgan fingerprint density at radius 2 is 1.78 bits per heavy atom. The second-order valence-corrected chi connectivity index (χ2v) is 7.94. The van der Waals surface area contributed by atoms with Gasteiger partial charge in [0.1, 0.15) is 0 Å². The molecule has 1 aliphatic carbocycles. The average molecular weight is 360 g/mol. The number of rotatable bonds is 3. The number of hydrogen-bond donors (Lipinski definition) is 1. The maximum Gasteiger partial charge on any atom is 0.0991 e. The van der Waals surface area contributed by atoms with Crippen molar-refractivity contribution in [2.24, 2.45) is 11.8 Å². The molecule has 27 heavy (non-hydrogen) atoms. The van der Waals surface area contributed by atoms with Gasteiger partial charge in [0.2, 0.25) is 0 Å². The second kappa shape index (κ2) is 6.66. The van der Waals surface area contributed by atoms with E-state index in [4.69, 9.17) is 4.98 Å². The fourth-order valence-corrected chi connectivity index (χ4v) is 5.04. The standard InChI is InChI=1S/C22H24N4O/c27-22(16-7-4-10-23-11-16)17-5-3-6-18(22)14-26(13-17)15-19-12-24-20-8-1-2-9-21(20)25-19/h1-2,4,7-12,17-18,27H,3,5-6,13-15H2/t17-,18+,22?. The quantitative estimate of drug-likeness (QED) is 0.777. The maximum absolute atomic E-state index is 11.7. The highest BCUT2D eigenvalue weighted by Gasteiger charge is 2.51. The van der Waals surface area contributed by atoms with Gasteiger partial charge in [0.05, 0.1) is 28.5 Å². The topological polar surface area (TPSA) is 62.1 Å². The Morgan fingerprint density at radius 1 is 1.00 bits per heavy atom. The van der Waals surface area contributed by atoms with Crippen LogP contribution >= 0.6 is 0 Å². The smallest absolute Gasteiger partial charge is 0.0991 e. The third-order valence-electron chi connectivity index (χ3n) is 6.32. The number of benzene rings is 1. The van der Waals surface area contributed by atoms with Crippen LogP contribution < -0.4 is 0 Å². The van der Waals surface area contributed by atoms with Gasteiger partial charge in [-0.25, -0.2) is 4.98 Å². The van der Waals surface area contributed by atoms with E-state index in [1.54, 1.807) is 6.20 Å². The van der Waals surface area contributed by atoms with Crippen LogP contribution in [0.3, 0.4) is 0 Å². The number of nitrogens with zero attached hydrogens (tertiary/aromatic N) is 4. The number of fused-ring (bicyclic) bond motifs is 3. The number of para-hydroxylation sites is 2. The first-order valence-electron chi connectivity index (χ1n) is 9.79. The Bertz CT molecular complexity index is 931. The summed E-state index contributed by atoms with van der Waals surface area (Å²) in [4.78, 5) is 16.0. The normalized spacial score (nSPS) is 28.3. The van der Waals surface area contributed by atoms with Crippen LogP contribution in [0.2, 0.25) is 0 Å². The zero-order valence-corrected chi connectivity index (χ0v) is 15.3. The number of aliphatic hydroxyl groups is 1. The third kappa shape index (κ3) is 2.91. The summed E-state index contributed by atoms with van der Waals surface area (Å²) in [5.41, 5.74) is 3.10. The van der Waals surface area contributed by atoms with E-state index in [9.17, 15) is 5.11 Å². The zero-order valence-electron chi connectivity index (χ0n) is 15.3. The molecule has 5 heteroatoms. The van der Waals surface area contributed by atoms with Crippen LogP contribution in [0.1, 0.15) is 30.5 Å². The molecule has 0 radical (unpaired) electrons. The van der Waals surface area contributed by atoms with Gasteiger partial charge < -0.3 is 5.11 Å². The SMILES string of the molecule is OC1(c2cccnc2)[C@@H]2CCC[C@H]1CN(Cc1cnc3ccccc3n1)C2. The Morgan fingerprint density at radius 3 is 2.52 bits per heavy atom. The lowest BCUT2D eigenvalue weighted by molar-refractivity contribution is -0.148. The highest BCUT2D eigenvalue weighted by Crippen LogP contribution is 2.49. The summed E-state index contributed by atoms with van der Waals surface area (Å²) in [7, 11) is 0. The summed E-state index contributed by atoms with van der Waals surface area (Å²) >= 11 is 0. The van der Waals surface area contributed by atoms with Crippen LogP contribution in [0.15, 0.2) is 55.0 Å². The first-order valence-corrected chi connectivity index (χ1v) is 9.79. The zero-order chi connectivity index (χ0) is 18.3. The Kier molecular flexibility index (Phi) is 4.14. The molecule has 5 rings (SSSR count). The van der Waals surface area contributed by atoms with E-state index in [0.29, 0.717) is 0 Å². The van der Waals surface area contributed by atoms with Crippen molar-refractivity contribution in [2.75, 3.05) is 13.1 Å². The van der Waals surface area contributed by atoms with E-state index in [1.165, 1.54) is 6.42 Å². The minimum atomic E-state index is -0.752. The molecule has 138 valence electrons. The van der Waals surface area contributed by atoms with Crippen molar-refractivity contribution in [1.82, 2.24) is 19.9 Å². The highest BCUT2D eigenvalue weighted by molar-refractivity contribution is 5.73. The Labute approximate surface area is 159 Å². The second-order valence-electron chi connectivity index (χ2n) is 7.94. The molecule has 5 nitrogen and oxygen atoms in total. The van der Waals surface area contributed by atoms with Crippen molar-refractivity contribution < 1.29 is 5.11 Å². The van der Waals surface area contributed by atoms with E-state index in [0.717, 1.165) is 54.8 Å². The van der Waals surface area contributed by atoms with Crippen LogP contribution in [0.5, 0.6) is 0 Å². The Balaban J connectivity index is 1.39. The van der Waals surface area contributed by atoms with Crippen molar-refractivity contribution in [2.45, 2.75) is 31.4 Å². The minimum absolute atomic E-state index is 0.239. The minimum Gasteiger partial charge on any atom is -0.384 e. The highest BCUT2D eigenvalue weighted by atomic mass is 16.3. The predicted molar refractivity (Wildman–Crippen MR) is 104 cm³/mol. The van der Waals surface area contributed by atoms with Crippen LogP contribution in [0.4, 0.5) is 0 Å². The average Bonchev–Trinajstić information content (AvgIpc) is 2.69. The molecule has 2 bridgehead atoms. The van der Waals surface area contributed by atoms with Gasteiger partial charge in [0.25, 0.3) is 0 Å². The summed E-state index contributed by atoms with van der Waals surface area (Å²) in [5.74, 6) is 0.477. The monoisotopic (exact) mass is 360 g/mol. The largest absolute Gasteiger partial charge is 0.384 e. The Hall–Kier alpha value is -2.37. The molecule has 1 saturated carbocycles. The molecule has 1 aliphatic heterocycles. The number of piperidine rings is 1. The van der Waals surface area contributed by atoms with E-state index in [1.807, 2.05) is 48.8 Å². The summed E-state index contributed by atoms with van der Waals surface area (Å²) in [5, 5.41) is 11.7. The lowest BCUT2D eigenvalue weighted by Gasteiger charge is -2.53. The van der Waals surface area contributed by atoms with Gasteiger partial charge >= 0.3 is 0 Å². The van der Waals surface area contributed by atoms with Crippen molar-refractivity contribution >= 4 is 11.0 Å². The third-order valence-corrected chi connectivity index (χ3v) is 6.32. The fraction of sp³-hybridized carbons (Fsp3) is 0.409. The number of hydrogen-bond acceptors (Lipinski definition) is 5. The first kappa shape index (κ1) is 16.8. The van der Waals surface area contributed by atoms with Gasteiger partial charge in [-0.1, -0.05) is 24.6 Å². The van der Waals surface area contributed by atoms with Crippen LogP contribution in [-0.4, -0.2) is 38.0 Å². The fourth-order valence-electron chi connectivity index (χ4n) is 5.04. The molecule has 3 atom stereocenters. The number of pyridine rings is 1. The molecular weight excluding hydrogens is 336 g/mol. The van der Waals surface area contributed by atoms with E-state index >= 15 is 0 Å². The first-order chi connectivity index (χ1) is 13.2. The van der Waals surface area contributed by atoms with Crippen molar-refractivity contribution in [1.29, 1.82) is 0 Å². The molecule has 1 saturated heterocycles. The molecule has 0 spiro atoms. The van der Waals surface area contributed by atoms with Gasteiger partial charge in [-0.05, 0) is 31.0 Å². The van der Waals surface area contributed by atoms with E-state index in [-0.39, 0.29) is 11.8 Å². The molecular formula is C22H24N4O. The molecule has 0 amide bonds. The van der Waals surface area contributed by atoms with Crippen LogP contribution in [0, 0.1) is 11.8 Å². The van der Waals surface area contributed by atoms with Gasteiger partial charge in [-0.2, -0.15) is 0 Å². The van der Waals surface area contributed by atoms with Gasteiger partial charge in [0, 0.05) is 49.4 Å². The summed E-state index contributed by atoms with van der Waals surface area (Å²) in [6.07, 6.45) is 8.82. The van der Waals surface area contributed by atoms with Gasteiger partial charge in [0.15, 0.2) is 0 Å². The van der Waals surface area contributed by atoms with E-state index < -0.39 is 5.60 Å². The van der Waals surface area contributed by atoms with Crippen molar-refractivity contribution in [3.8, 4) is 0 Å². The molecule has 1 N–H and O–H groups in total. The molecule has 2 fully saturated rings. The van der Waals surface area contributed by atoms with Crippen LogP contribution in [0.25, 0.3) is 11.0 Å². The van der Waals surface area contributed by atoms with E-state index in [2.05, 4.69) is 14.9 Å². The molecule has 1 unspecified atom stereocenters. The number of likely N-dealkylation sites (tertiary alicyclic amines) is 1. The lowest BCUT2D eigenvalue weighted by atomic mass is 9.63. The summed E-state index contributed by atoms with van der Waals surface area (Å²) < 4.78 is 0. The van der Waals surface area contributed by atoms with Crippen LogP contribution in [-0.2, 0) is 12.1 Å². The van der Waals surface area contributed by atoms with Crippen molar-refractivity contribution in [3.63, 3.8) is 0 Å². The molecule has 3 aromatic rings. The predicted octanol–water partition coefficient (Wildman–Crippen LogP) is 3.14. The molecule has 2 aromatic heterocycles. The van der Waals surface area contributed by atoms with Gasteiger partial charge in [-0.3, -0.25) is 14.9 Å².